The first-order chi connectivity index (χ1) is 16.4. The molecule has 0 aliphatic carbocycles. The van der Waals surface area contributed by atoms with Crippen molar-refractivity contribution >= 4 is 23.2 Å². The Kier molecular flexibility index (Phi) is 6.88. The number of anilines is 1. The van der Waals surface area contributed by atoms with E-state index in [1.165, 1.54) is 4.90 Å². The number of rotatable bonds is 9. The Balaban J connectivity index is 1.79. The van der Waals surface area contributed by atoms with E-state index in [9.17, 15) is 14.4 Å². The third kappa shape index (κ3) is 4.36. The van der Waals surface area contributed by atoms with Gasteiger partial charge in [0.1, 0.15) is 18.3 Å². The lowest BCUT2D eigenvalue weighted by molar-refractivity contribution is -0.139. The second-order valence-corrected chi connectivity index (χ2v) is 8.32. The minimum atomic E-state index is -1.16. The highest BCUT2D eigenvalue weighted by molar-refractivity contribution is 6.48. The van der Waals surface area contributed by atoms with Crippen LogP contribution in [0.4, 0.5) is 5.69 Å². The molecule has 3 aromatic rings. The molecule has 1 fully saturated rings. The molecular weight excluding hydrogens is 436 g/mol. The molecule has 3 heterocycles. The average Bonchev–Trinajstić information content (AvgIpc) is 3.47. The van der Waals surface area contributed by atoms with Gasteiger partial charge in [0.25, 0.3) is 5.91 Å². The zero-order valence-corrected chi connectivity index (χ0v) is 19.3. The van der Waals surface area contributed by atoms with Gasteiger partial charge in [-0.2, -0.15) is 0 Å². The summed E-state index contributed by atoms with van der Waals surface area (Å²) in [6.45, 7) is 4.01. The molecule has 1 aliphatic heterocycles. The summed E-state index contributed by atoms with van der Waals surface area (Å²) >= 11 is 0. The Hall–Kier alpha value is -3.78. The summed E-state index contributed by atoms with van der Waals surface area (Å²) in [6.07, 6.45) is 4.77. The zero-order chi connectivity index (χ0) is 24.2. The minimum absolute atomic E-state index is 0.233. The molecule has 34 heavy (non-hydrogen) atoms. The molecule has 176 valence electrons. The van der Waals surface area contributed by atoms with E-state index < -0.39 is 29.6 Å². The number of pyridine rings is 1. The van der Waals surface area contributed by atoms with E-state index in [0.717, 1.165) is 11.1 Å². The fraction of sp³-hybridized carbons (Fsp3) is 0.308. The van der Waals surface area contributed by atoms with Crippen molar-refractivity contribution in [2.45, 2.75) is 19.9 Å². The number of aromatic nitrogens is 1. The number of nitrogens with zero attached hydrogens (tertiary/aromatic N) is 2. The molecule has 0 radical (unpaired) electrons. The predicted octanol–water partition coefficient (Wildman–Crippen LogP) is 3.87. The number of carbonyl (C=O) groups is 3. The maximum atomic E-state index is 13.2. The van der Waals surface area contributed by atoms with Gasteiger partial charge < -0.3 is 13.9 Å². The van der Waals surface area contributed by atoms with Crippen LogP contribution in [0.15, 0.2) is 65.6 Å². The van der Waals surface area contributed by atoms with Crippen molar-refractivity contribution < 1.29 is 28.3 Å². The van der Waals surface area contributed by atoms with E-state index in [0.29, 0.717) is 17.9 Å². The molecule has 0 spiro atoms. The number of carbonyl (C=O) groups excluding carboxylic acids is 3. The summed E-state index contributed by atoms with van der Waals surface area (Å²) in [5, 5.41) is 0. The Morgan fingerprint density at radius 3 is 2.50 bits per heavy atom. The largest absolute Gasteiger partial charge is 0.475 e. The fourth-order valence-electron chi connectivity index (χ4n) is 4.12. The van der Waals surface area contributed by atoms with Gasteiger partial charge in [0.2, 0.25) is 11.7 Å². The monoisotopic (exact) mass is 462 g/mol. The number of Topliss-reactive ketones (excluding diaryl/α,β-unsaturated/α-hetero) is 2. The standard InChI is InChI=1S/C26H26N2O6/c1-16(2)23(29)21-22(20-5-4-11-27-25(20)34-14-13-32-3)28(26(31)24(21)30)19-8-6-17(7-9-19)18-10-12-33-15-18/h4-12,15-16,21-22H,13-14H2,1-3H3. The molecule has 2 aromatic heterocycles. The molecule has 0 bridgehead atoms. The summed E-state index contributed by atoms with van der Waals surface area (Å²) in [4.78, 5) is 45.2. The number of amides is 1. The summed E-state index contributed by atoms with van der Waals surface area (Å²) in [7, 11) is 1.56. The van der Waals surface area contributed by atoms with Gasteiger partial charge in [-0.25, -0.2) is 4.98 Å². The number of benzene rings is 1. The van der Waals surface area contributed by atoms with Crippen molar-refractivity contribution in [1.82, 2.24) is 4.98 Å². The highest BCUT2D eigenvalue weighted by Gasteiger charge is 2.53. The van der Waals surface area contributed by atoms with E-state index in [2.05, 4.69) is 4.98 Å². The van der Waals surface area contributed by atoms with Gasteiger partial charge in [0.15, 0.2) is 0 Å². The first kappa shape index (κ1) is 23.4. The SMILES string of the molecule is COCCOc1ncccc1C1C(C(=O)C(C)C)C(=O)C(=O)N1c1ccc(-c2ccoc2)cc1. The molecule has 8 nitrogen and oxygen atoms in total. The number of hydrogen-bond acceptors (Lipinski definition) is 7. The summed E-state index contributed by atoms with van der Waals surface area (Å²) in [5.41, 5.74) is 2.78. The second-order valence-electron chi connectivity index (χ2n) is 8.32. The number of ketones is 2. The van der Waals surface area contributed by atoms with Gasteiger partial charge >= 0.3 is 0 Å². The van der Waals surface area contributed by atoms with Crippen molar-refractivity contribution in [3.05, 3.63) is 66.8 Å². The maximum Gasteiger partial charge on any atom is 0.295 e. The molecule has 2 atom stereocenters. The van der Waals surface area contributed by atoms with Crippen molar-refractivity contribution in [1.29, 1.82) is 0 Å². The van der Waals surface area contributed by atoms with Crippen LogP contribution in [-0.2, 0) is 19.1 Å². The molecule has 1 amide bonds. The van der Waals surface area contributed by atoms with E-state index >= 15 is 0 Å². The van der Waals surface area contributed by atoms with Crippen LogP contribution in [0.1, 0.15) is 25.5 Å². The molecule has 1 aromatic carbocycles. The highest BCUT2D eigenvalue weighted by Crippen LogP contribution is 2.43. The number of furan rings is 1. The normalized spacial score (nSPS) is 18.1. The number of ether oxygens (including phenoxy) is 2. The predicted molar refractivity (Wildman–Crippen MR) is 124 cm³/mol. The van der Waals surface area contributed by atoms with E-state index in [4.69, 9.17) is 13.9 Å². The fourth-order valence-corrected chi connectivity index (χ4v) is 4.12. The van der Waals surface area contributed by atoms with Crippen LogP contribution in [-0.4, -0.2) is 42.8 Å². The van der Waals surface area contributed by atoms with Gasteiger partial charge in [-0.1, -0.05) is 26.0 Å². The average molecular weight is 463 g/mol. The molecule has 4 rings (SSSR count). The first-order valence-corrected chi connectivity index (χ1v) is 11.0. The Morgan fingerprint density at radius 1 is 1.09 bits per heavy atom. The van der Waals surface area contributed by atoms with E-state index in [-0.39, 0.29) is 18.3 Å². The van der Waals surface area contributed by atoms with Gasteiger partial charge in [-0.15, -0.1) is 0 Å². The summed E-state index contributed by atoms with van der Waals surface area (Å²) < 4.78 is 16.0. The molecule has 2 unspecified atom stereocenters. The Labute approximate surface area is 197 Å². The van der Waals surface area contributed by atoms with Crippen molar-refractivity contribution in [3.8, 4) is 17.0 Å². The highest BCUT2D eigenvalue weighted by atomic mass is 16.5. The van der Waals surface area contributed by atoms with Crippen LogP contribution in [0, 0.1) is 11.8 Å². The lowest BCUT2D eigenvalue weighted by atomic mass is 9.85. The molecule has 1 aliphatic rings. The molecule has 0 saturated carbocycles. The summed E-state index contributed by atoms with van der Waals surface area (Å²) in [6, 6.07) is 11.6. The first-order valence-electron chi connectivity index (χ1n) is 11.0. The van der Waals surface area contributed by atoms with E-state index in [1.807, 2.05) is 18.2 Å². The molecule has 1 saturated heterocycles. The van der Waals surface area contributed by atoms with Gasteiger partial charge in [-0.05, 0) is 35.9 Å². The smallest absolute Gasteiger partial charge is 0.295 e. The summed E-state index contributed by atoms with van der Waals surface area (Å²) in [5.74, 6) is -3.08. The third-order valence-corrected chi connectivity index (χ3v) is 5.83. The van der Waals surface area contributed by atoms with Crippen LogP contribution in [0.3, 0.4) is 0 Å². The van der Waals surface area contributed by atoms with Gasteiger partial charge in [0, 0.05) is 36.0 Å². The molecule has 8 heteroatoms. The van der Waals surface area contributed by atoms with Crippen molar-refractivity contribution in [2.24, 2.45) is 11.8 Å². The van der Waals surface area contributed by atoms with Crippen LogP contribution < -0.4 is 9.64 Å². The molecular formula is C26H26N2O6. The number of hydrogen-bond donors (Lipinski definition) is 0. The number of methoxy groups -OCH3 is 1. The van der Waals surface area contributed by atoms with Crippen LogP contribution >= 0.6 is 0 Å². The lowest BCUT2D eigenvalue weighted by Gasteiger charge is -2.28. The van der Waals surface area contributed by atoms with Gasteiger partial charge in [-0.3, -0.25) is 19.3 Å². The second kappa shape index (κ2) is 10.0. The van der Waals surface area contributed by atoms with E-state index in [1.54, 1.807) is 63.9 Å². The topological polar surface area (TPSA) is 98.9 Å². The van der Waals surface area contributed by atoms with Crippen molar-refractivity contribution in [2.75, 3.05) is 25.2 Å². The maximum absolute atomic E-state index is 13.2. The zero-order valence-electron chi connectivity index (χ0n) is 19.3. The minimum Gasteiger partial charge on any atom is -0.475 e. The van der Waals surface area contributed by atoms with Crippen LogP contribution in [0.5, 0.6) is 5.88 Å². The quantitative estimate of drug-likeness (QED) is 0.270. The van der Waals surface area contributed by atoms with Crippen LogP contribution in [0.25, 0.3) is 11.1 Å². The lowest BCUT2D eigenvalue weighted by Crippen LogP contribution is -2.32. The third-order valence-electron chi connectivity index (χ3n) is 5.83. The van der Waals surface area contributed by atoms with Crippen LogP contribution in [0.2, 0.25) is 0 Å². The van der Waals surface area contributed by atoms with Crippen molar-refractivity contribution in [3.63, 3.8) is 0 Å². The Bertz CT molecular complexity index is 1170. The van der Waals surface area contributed by atoms with Gasteiger partial charge in [0.05, 0.1) is 25.2 Å². The molecule has 0 N–H and O–H groups in total. The Morgan fingerprint density at radius 2 is 1.85 bits per heavy atom.